The molecule has 1 N–H and O–H groups in total. The van der Waals surface area contributed by atoms with Gasteiger partial charge in [0.2, 0.25) is 11.8 Å². The predicted molar refractivity (Wildman–Crippen MR) is 104 cm³/mol. The molecule has 0 aliphatic rings. The van der Waals surface area contributed by atoms with Crippen LogP contribution >= 0.6 is 0 Å². The molecule has 146 valence electrons. The fraction of sp³-hybridized carbons (Fsp3) is 0.368. The van der Waals surface area contributed by atoms with Gasteiger partial charge >= 0.3 is 0 Å². The number of fused-ring (bicyclic) bond motifs is 1. The molecule has 3 heterocycles. The van der Waals surface area contributed by atoms with Crippen LogP contribution in [-0.2, 0) is 16.0 Å². The maximum atomic E-state index is 12.5. The molecule has 0 saturated heterocycles. The Bertz CT molecular complexity index is 1030. The van der Waals surface area contributed by atoms with Gasteiger partial charge < -0.3 is 10.2 Å². The van der Waals surface area contributed by atoms with E-state index in [-0.39, 0.29) is 24.8 Å². The molecule has 0 unspecified atom stereocenters. The van der Waals surface area contributed by atoms with Gasteiger partial charge in [0.25, 0.3) is 5.78 Å². The molecule has 0 aromatic carbocycles. The van der Waals surface area contributed by atoms with Crippen LogP contribution in [0.2, 0.25) is 0 Å². The lowest BCUT2D eigenvalue weighted by Gasteiger charge is -2.17. The quantitative estimate of drug-likeness (QED) is 0.693. The second-order valence-corrected chi connectivity index (χ2v) is 6.75. The summed E-state index contributed by atoms with van der Waals surface area (Å²) in [6, 6.07) is 3.62. The summed E-state index contributed by atoms with van der Waals surface area (Å²) >= 11 is 0. The number of nitrogens with one attached hydrogen (secondary N) is 1. The van der Waals surface area contributed by atoms with Crippen molar-refractivity contribution in [1.29, 1.82) is 0 Å². The minimum Gasteiger partial charge on any atom is -0.336 e. The third kappa shape index (κ3) is 4.30. The molecular weight excluding hydrogens is 358 g/mol. The summed E-state index contributed by atoms with van der Waals surface area (Å²) in [5.74, 6) is 0.616. The van der Waals surface area contributed by atoms with Gasteiger partial charge in [-0.15, -0.1) is 0 Å². The SMILES string of the molecule is Cc1ccnc(NC(=O)CN(C)C(=O)CCc2c(C)nc3ncnn3c2C)c1. The van der Waals surface area contributed by atoms with Crippen LogP contribution in [0.5, 0.6) is 0 Å². The number of nitrogens with zero attached hydrogens (tertiary/aromatic N) is 6. The summed E-state index contributed by atoms with van der Waals surface area (Å²) in [7, 11) is 1.62. The predicted octanol–water partition coefficient (Wildman–Crippen LogP) is 1.47. The molecule has 3 rings (SSSR count). The maximum absolute atomic E-state index is 12.5. The molecule has 3 aromatic heterocycles. The first-order valence-electron chi connectivity index (χ1n) is 8.97. The molecule has 3 aromatic rings. The number of carbonyl (C=O) groups excluding carboxylic acids is 2. The number of hydrogen-bond acceptors (Lipinski definition) is 6. The average Bonchev–Trinajstić information content (AvgIpc) is 3.09. The van der Waals surface area contributed by atoms with E-state index in [1.54, 1.807) is 23.8 Å². The molecule has 0 atom stereocenters. The van der Waals surface area contributed by atoms with Crippen LogP contribution in [0.4, 0.5) is 5.82 Å². The van der Waals surface area contributed by atoms with E-state index in [0.29, 0.717) is 18.0 Å². The number of amides is 2. The highest BCUT2D eigenvalue weighted by atomic mass is 16.2. The minimum absolute atomic E-state index is 0.0349. The Hall–Kier alpha value is -3.36. The summed E-state index contributed by atoms with van der Waals surface area (Å²) in [6.45, 7) is 5.71. The van der Waals surface area contributed by atoms with Gasteiger partial charge in [-0.1, -0.05) is 0 Å². The Morgan fingerprint density at radius 1 is 1.21 bits per heavy atom. The van der Waals surface area contributed by atoms with E-state index < -0.39 is 0 Å². The normalized spacial score (nSPS) is 10.9. The van der Waals surface area contributed by atoms with Crippen LogP contribution in [0.1, 0.15) is 28.9 Å². The Balaban J connectivity index is 1.58. The number of rotatable bonds is 6. The zero-order valence-electron chi connectivity index (χ0n) is 16.4. The van der Waals surface area contributed by atoms with Gasteiger partial charge in [0.05, 0.1) is 6.54 Å². The number of aryl methyl sites for hydroxylation is 3. The smallest absolute Gasteiger partial charge is 0.252 e. The van der Waals surface area contributed by atoms with E-state index in [1.807, 2.05) is 26.8 Å². The highest BCUT2D eigenvalue weighted by Crippen LogP contribution is 2.15. The molecule has 0 aliphatic carbocycles. The molecule has 9 heteroatoms. The summed E-state index contributed by atoms with van der Waals surface area (Å²) in [6.07, 6.45) is 3.88. The first-order valence-corrected chi connectivity index (χ1v) is 8.97. The fourth-order valence-corrected chi connectivity index (χ4v) is 3.03. The molecule has 0 spiro atoms. The van der Waals surface area contributed by atoms with E-state index >= 15 is 0 Å². The number of likely N-dealkylation sites (N-methyl/N-ethyl adjacent to an activating group) is 1. The monoisotopic (exact) mass is 381 g/mol. The van der Waals surface area contributed by atoms with Crippen LogP contribution in [0.15, 0.2) is 24.7 Å². The summed E-state index contributed by atoms with van der Waals surface area (Å²) < 4.78 is 1.67. The Labute approximate surface area is 162 Å². The average molecular weight is 381 g/mol. The van der Waals surface area contributed by atoms with Crippen molar-refractivity contribution in [3.05, 3.63) is 47.2 Å². The molecule has 0 fully saturated rings. The molecule has 0 bridgehead atoms. The maximum Gasteiger partial charge on any atom is 0.252 e. The van der Waals surface area contributed by atoms with Crippen LogP contribution in [-0.4, -0.2) is 54.9 Å². The van der Waals surface area contributed by atoms with E-state index in [2.05, 4.69) is 25.4 Å². The van der Waals surface area contributed by atoms with Crippen LogP contribution < -0.4 is 5.32 Å². The second kappa shape index (κ2) is 8.12. The van der Waals surface area contributed by atoms with Crippen molar-refractivity contribution in [2.75, 3.05) is 18.9 Å². The number of hydrogen-bond donors (Lipinski definition) is 1. The van der Waals surface area contributed by atoms with Crippen molar-refractivity contribution < 1.29 is 9.59 Å². The highest BCUT2D eigenvalue weighted by molar-refractivity contribution is 5.93. The van der Waals surface area contributed by atoms with Gasteiger partial charge in [-0.05, 0) is 50.5 Å². The molecule has 9 nitrogen and oxygen atoms in total. The summed E-state index contributed by atoms with van der Waals surface area (Å²) in [4.78, 5) is 38.6. The Morgan fingerprint density at radius 3 is 2.75 bits per heavy atom. The standard InChI is InChI=1S/C19H23N7O2/c1-12-7-8-20-16(9-12)24-17(27)10-25(4)18(28)6-5-15-13(2)23-19-21-11-22-26(19)14(15)3/h7-9,11H,5-6,10H2,1-4H3,(H,20,24,27). The second-order valence-electron chi connectivity index (χ2n) is 6.75. The number of anilines is 1. The van der Waals surface area contributed by atoms with Crippen LogP contribution in [0, 0.1) is 20.8 Å². The van der Waals surface area contributed by atoms with Crippen molar-refractivity contribution in [2.45, 2.75) is 33.6 Å². The topological polar surface area (TPSA) is 105 Å². The van der Waals surface area contributed by atoms with Crippen molar-refractivity contribution in [1.82, 2.24) is 29.5 Å². The van der Waals surface area contributed by atoms with Crippen molar-refractivity contribution >= 4 is 23.4 Å². The minimum atomic E-state index is -0.285. The largest absolute Gasteiger partial charge is 0.336 e. The van der Waals surface area contributed by atoms with Gasteiger partial charge in [0.15, 0.2) is 0 Å². The first kappa shape index (κ1) is 19.4. The Kier molecular flexibility index (Phi) is 5.62. The van der Waals surface area contributed by atoms with Crippen molar-refractivity contribution in [3.63, 3.8) is 0 Å². The molecular formula is C19H23N7O2. The van der Waals surface area contributed by atoms with Gasteiger partial charge in [-0.2, -0.15) is 10.1 Å². The van der Waals surface area contributed by atoms with Gasteiger partial charge in [0, 0.05) is 31.1 Å². The van der Waals surface area contributed by atoms with Crippen LogP contribution in [0.3, 0.4) is 0 Å². The van der Waals surface area contributed by atoms with Crippen molar-refractivity contribution in [2.24, 2.45) is 0 Å². The zero-order valence-corrected chi connectivity index (χ0v) is 16.4. The third-order valence-corrected chi connectivity index (χ3v) is 4.57. The molecule has 28 heavy (non-hydrogen) atoms. The van der Waals surface area contributed by atoms with Crippen LogP contribution in [0.25, 0.3) is 5.78 Å². The molecule has 0 aliphatic heterocycles. The highest BCUT2D eigenvalue weighted by Gasteiger charge is 2.16. The first-order chi connectivity index (χ1) is 13.3. The van der Waals surface area contributed by atoms with E-state index in [4.69, 9.17) is 0 Å². The lowest BCUT2D eigenvalue weighted by molar-refractivity contribution is -0.133. The fourth-order valence-electron chi connectivity index (χ4n) is 3.03. The lowest BCUT2D eigenvalue weighted by atomic mass is 10.1. The number of pyridine rings is 1. The van der Waals surface area contributed by atoms with E-state index in [1.165, 1.54) is 11.2 Å². The van der Waals surface area contributed by atoms with E-state index in [9.17, 15) is 9.59 Å². The molecule has 2 amide bonds. The molecule has 0 saturated carbocycles. The molecule has 0 radical (unpaired) electrons. The summed E-state index contributed by atoms with van der Waals surface area (Å²) in [5, 5.41) is 6.86. The van der Waals surface area contributed by atoms with Gasteiger partial charge in [-0.3, -0.25) is 9.59 Å². The number of aromatic nitrogens is 5. The van der Waals surface area contributed by atoms with Gasteiger partial charge in [-0.25, -0.2) is 14.5 Å². The Morgan fingerprint density at radius 2 is 2.00 bits per heavy atom. The zero-order chi connectivity index (χ0) is 20.3. The number of carbonyl (C=O) groups is 2. The third-order valence-electron chi connectivity index (χ3n) is 4.57. The van der Waals surface area contributed by atoms with Gasteiger partial charge in [0.1, 0.15) is 12.1 Å². The van der Waals surface area contributed by atoms with E-state index in [0.717, 1.165) is 22.5 Å². The lowest BCUT2D eigenvalue weighted by Crippen LogP contribution is -2.35. The summed E-state index contributed by atoms with van der Waals surface area (Å²) in [5.41, 5.74) is 3.71. The van der Waals surface area contributed by atoms with Crippen molar-refractivity contribution in [3.8, 4) is 0 Å².